The zero-order valence-corrected chi connectivity index (χ0v) is 11.3. The number of aryl methyl sites for hydroxylation is 1. The van der Waals surface area contributed by atoms with Gasteiger partial charge in [-0.1, -0.05) is 6.92 Å². The van der Waals surface area contributed by atoms with Crippen molar-refractivity contribution < 1.29 is 9.53 Å². The van der Waals surface area contributed by atoms with Crippen LogP contribution >= 0.6 is 0 Å². The van der Waals surface area contributed by atoms with Gasteiger partial charge in [0.05, 0.1) is 6.61 Å². The fraction of sp³-hybridized carbons (Fsp3) is 0.692. The second-order valence-corrected chi connectivity index (χ2v) is 5.06. The van der Waals surface area contributed by atoms with E-state index in [9.17, 15) is 4.79 Å². The summed E-state index contributed by atoms with van der Waals surface area (Å²) in [7, 11) is 0. The molecule has 1 saturated carbocycles. The van der Waals surface area contributed by atoms with Gasteiger partial charge in [-0.2, -0.15) is 0 Å². The van der Waals surface area contributed by atoms with Crippen LogP contribution < -0.4 is 5.73 Å². The van der Waals surface area contributed by atoms with Crippen LogP contribution in [0.1, 0.15) is 55.5 Å². The Morgan fingerprint density at radius 3 is 2.83 bits per heavy atom. The van der Waals surface area contributed by atoms with Crippen LogP contribution in [0.4, 0.5) is 5.82 Å². The summed E-state index contributed by atoms with van der Waals surface area (Å²) >= 11 is 0. The van der Waals surface area contributed by atoms with Crippen molar-refractivity contribution >= 4 is 11.8 Å². The van der Waals surface area contributed by atoms with Crippen molar-refractivity contribution in [3.8, 4) is 0 Å². The van der Waals surface area contributed by atoms with Crippen LogP contribution in [0.25, 0.3) is 0 Å². The van der Waals surface area contributed by atoms with Crippen LogP contribution in [0.15, 0.2) is 0 Å². The van der Waals surface area contributed by atoms with Crippen LogP contribution in [-0.2, 0) is 4.74 Å². The number of rotatable bonds is 3. The van der Waals surface area contributed by atoms with Crippen molar-refractivity contribution in [2.45, 2.75) is 46.1 Å². The zero-order chi connectivity index (χ0) is 13.3. The first-order valence-corrected chi connectivity index (χ1v) is 6.56. The molecule has 1 aliphatic carbocycles. The Balaban J connectivity index is 2.29. The van der Waals surface area contributed by atoms with E-state index in [1.807, 2.05) is 11.5 Å². The number of aromatic nitrogens is 2. The van der Waals surface area contributed by atoms with E-state index in [1.165, 1.54) is 6.42 Å². The molecule has 2 unspecified atom stereocenters. The highest BCUT2D eigenvalue weighted by atomic mass is 16.5. The van der Waals surface area contributed by atoms with Crippen LogP contribution in [0.2, 0.25) is 0 Å². The van der Waals surface area contributed by atoms with Crippen LogP contribution in [0, 0.1) is 12.8 Å². The second kappa shape index (κ2) is 5.00. The molecular weight excluding hydrogens is 230 g/mol. The minimum atomic E-state index is -0.428. The molecule has 0 radical (unpaired) electrons. The van der Waals surface area contributed by atoms with Gasteiger partial charge in [0.1, 0.15) is 11.6 Å². The van der Waals surface area contributed by atoms with Gasteiger partial charge in [0, 0.05) is 6.04 Å². The van der Waals surface area contributed by atoms with Gasteiger partial charge in [-0.3, -0.25) is 0 Å². The third kappa shape index (κ3) is 2.21. The SMILES string of the molecule is CCOC(=O)c1nc(C)n(C2CCC(C)C2)c1N. The van der Waals surface area contributed by atoms with Gasteiger partial charge in [0.15, 0.2) is 5.69 Å². The van der Waals surface area contributed by atoms with Crippen LogP contribution in [-0.4, -0.2) is 22.1 Å². The zero-order valence-electron chi connectivity index (χ0n) is 11.3. The second-order valence-electron chi connectivity index (χ2n) is 5.06. The molecule has 0 amide bonds. The molecule has 0 aromatic carbocycles. The Hall–Kier alpha value is -1.52. The predicted molar refractivity (Wildman–Crippen MR) is 69.4 cm³/mol. The monoisotopic (exact) mass is 251 g/mol. The van der Waals surface area contributed by atoms with E-state index in [0.29, 0.717) is 24.4 Å². The number of imidazole rings is 1. The minimum Gasteiger partial charge on any atom is -0.461 e. The summed E-state index contributed by atoms with van der Waals surface area (Å²) < 4.78 is 6.96. The van der Waals surface area contributed by atoms with Crippen molar-refractivity contribution in [3.63, 3.8) is 0 Å². The summed E-state index contributed by atoms with van der Waals surface area (Å²) in [5, 5.41) is 0. The van der Waals surface area contributed by atoms with Crippen LogP contribution in [0.5, 0.6) is 0 Å². The maximum Gasteiger partial charge on any atom is 0.360 e. The van der Waals surface area contributed by atoms with Crippen molar-refractivity contribution in [2.24, 2.45) is 5.92 Å². The van der Waals surface area contributed by atoms with E-state index in [4.69, 9.17) is 10.5 Å². The third-order valence-electron chi connectivity index (χ3n) is 3.63. The fourth-order valence-corrected chi connectivity index (χ4v) is 2.78. The predicted octanol–water partition coefficient (Wildman–Crippen LogP) is 2.31. The highest BCUT2D eigenvalue weighted by Crippen LogP contribution is 2.37. The fourth-order valence-electron chi connectivity index (χ4n) is 2.78. The number of anilines is 1. The first kappa shape index (κ1) is 12.9. The summed E-state index contributed by atoms with van der Waals surface area (Å²) in [4.78, 5) is 16.0. The number of nitrogen functional groups attached to an aromatic ring is 1. The smallest absolute Gasteiger partial charge is 0.360 e. The number of carbonyl (C=O) groups is 1. The Labute approximate surface area is 107 Å². The Bertz CT molecular complexity index is 453. The number of carbonyl (C=O) groups excluding carboxylic acids is 1. The van der Waals surface area contributed by atoms with Crippen molar-refractivity contribution in [2.75, 3.05) is 12.3 Å². The summed E-state index contributed by atoms with van der Waals surface area (Å²) in [5.74, 6) is 1.53. The number of hydrogen-bond acceptors (Lipinski definition) is 4. The topological polar surface area (TPSA) is 70.1 Å². The maximum absolute atomic E-state index is 11.7. The lowest BCUT2D eigenvalue weighted by Gasteiger charge is -2.15. The average Bonchev–Trinajstić information content (AvgIpc) is 2.83. The van der Waals surface area contributed by atoms with Crippen LogP contribution in [0.3, 0.4) is 0 Å². The van der Waals surface area contributed by atoms with Crippen molar-refractivity contribution in [3.05, 3.63) is 11.5 Å². The first-order valence-electron chi connectivity index (χ1n) is 6.56. The number of nitrogens with two attached hydrogens (primary N) is 1. The molecule has 1 aromatic rings. The quantitative estimate of drug-likeness (QED) is 0.837. The molecule has 1 fully saturated rings. The van der Waals surface area contributed by atoms with Gasteiger partial charge in [-0.05, 0) is 39.0 Å². The Morgan fingerprint density at radius 1 is 1.56 bits per heavy atom. The highest BCUT2D eigenvalue weighted by molar-refractivity contribution is 5.92. The van der Waals surface area contributed by atoms with Gasteiger partial charge < -0.3 is 15.0 Å². The van der Waals surface area contributed by atoms with E-state index < -0.39 is 5.97 Å². The molecule has 0 aliphatic heterocycles. The molecule has 5 nitrogen and oxygen atoms in total. The third-order valence-corrected chi connectivity index (χ3v) is 3.63. The lowest BCUT2D eigenvalue weighted by Crippen LogP contribution is -2.13. The molecule has 2 rings (SSSR count). The van der Waals surface area contributed by atoms with Crippen molar-refractivity contribution in [1.29, 1.82) is 0 Å². The van der Waals surface area contributed by atoms with E-state index in [-0.39, 0.29) is 5.69 Å². The van der Waals surface area contributed by atoms with E-state index in [2.05, 4.69) is 11.9 Å². The summed E-state index contributed by atoms with van der Waals surface area (Å²) in [6.07, 6.45) is 3.41. The van der Waals surface area contributed by atoms with Gasteiger partial charge in [0.2, 0.25) is 0 Å². The van der Waals surface area contributed by atoms with E-state index >= 15 is 0 Å². The molecule has 18 heavy (non-hydrogen) atoms. The molecule has 1 heterocycles. The van der Waals surface area contributed by atoms with Gasteiger partial charge >= 0.3 is 5.97 Å². The maximum atomic E-state index is 11.7. The lowest BCUT2D eigenvalue weighted by molar-refractivity contribution is 0.0521. The van der Waals surface area contributed by atoms with Gasteiger partial charge in [-0.15, -0.1) is 0 Å². The highest BCUT2D eigenvalue weighted by Gasteiger charge is 2.28. The number of hydrogen-bond donors (Lipinski definition) is 1. The Morgan fingerprint density at radius 2 is 2.28 bits per heavy atom. The number of nitrogens with zero attached hydrogens (tertiary/aromatic N) is 2. The number of ether oxygens (including phenoxy) is 1. The molecule has 2 atom stereocenters. The molecule has 0 spiro atoms. The van der Waals surface area contributed by atoms with Gasteiger partial charge in [0.25, 0.3) is 0 Å². The van der Waals surface area contributed by atoms with Crippen molar-refractivity contribution in [1.82, 2.24) is 9.55 Å². The largest absolute Gasteiger partial charge is 0.461 e. The number of esters is 1. The molecular formula is C13H21N3O2. The summed E-state index contributed by atoms with van der Waals surface area (Å²) in [6, 6.07) is 0.371. The molecule has 5 heteroatoms. The van der Waals surface area contributed by atoms with E-state index in [0.717, 1.165) is 18.7 Å². The molecule has 2 N–H and O–H groups in total. The normalized spacial score (nSPS) is 23.3. The molecule has 0 saturated heterocycles. The minimum absolute atomic E-state index is 0.258. The molecule has 1 aliphatic rings. The standard InChI is InChI=1S/C13H21N3O2/c1-4-18-13(17)11-12(14)16(9(3)15-11)10-6-5-8(2)7-10/h8,10H,4-7,14H2,1-3H3. The van der Waals surface area contributed by atoms with E-state index in [1.54, 1.807) is 6.92 Å². The average molecular weight is 251 g/mol. The Kier molecular flexibility index (Phi) is 3.59. The molecule has 0 bridgehead atoms. The molecule has 100 valence electrons. The first-order chi connectivity index (χ1) is 8.54. The van der Waals surface area contributed by atoms with Gasteiger partial charge in [-0.25, -0.2) is 9.78 Å². The lowest BCUT2D eigenvalue weighted by atomic mass is 10.1. The molecule has 1 aromatic heterocycles. The summed E-state index contributed by atoms with van der Waals surface area (Å²) in [5.41, 5.74) is 6.32. The summed E-state index contributed by atoms with van der Waals surface area (Å²) in [6.45, 7) is 6.25.